The lowest BCUT2D eigenvalue weighted by Crippen LogP contribution is -2.08. The molecule has 1 rings (SSSR count). The molecule has 1 aromatic rings. The molecule has 0 aliphatic rings. The zero-order valence-electron chi connectivity index (χ0n) is 7.59. The molecule has 13 heavy (non-hydrogen) atoms. The third-order valence-corrected chi connectivity index (χ3v) is 2.17. The van der Waals surface area contributed by atoms with Crippen molar-refractivity contribution in [3.63, 3.8) is 0 Å². The van der Waals surface area contributed by atoms with E-state index in [0.29, 0.717) is 22.7 Å². The van der Waals surface area contributed by atoms with Gasteiger partial charge in [-0.2, -0.15) is 0 Å². The minimum Gasteiger partial charge on any atom is -0.397 e. The molecule has 0 heterocycles. The molecule has 4 heteroatoms. The van der Waals surface area contributed by atoms with Crippen molar-refractivity contribution in [2.24, 2.45) is 0 Å². The highest BCUT2D eigenvalue weighted by molar-refractivity contribution is 5.93. The predicted molar refractivity (Wildman–Crippen MR) is 58.9 cm³/mol. The molecule has 0 saturated heterocycles. The molecule has 70 valence electrons. The second-order valence-corrected chi connectivity index (χ2v) is 2.90. The van der Waals surface area contributed by atoms with E-state index in [1.807, 2.05) is 6.92 Å². The molecule has 0 amide bonds. The van der Waals surface area contributed by atoms with Crippen LogP contribution in [0.3, 0.4) is 0 Å². The lowest BCUT2D eigenvalue weighted by Gasteiger charge is -2.14. The number of hydrogen-bond donors (Lipinski definition) is 4. The van der Waals surface area contributed by atoms with Crippen molar-refractivity contribution in [3.05, 3.63) is 17.7 Å². The first-order chi connectivity index (χ1) is 6.00. The van der Waals surface area contributed by atoms with Crippen LogP contribution in [0.1, 0.15) is 11.1 Å². The van der Waals surface area contributed by atoms with Crippen molar-refractivity contribution in [1.29, 1.82) is 0 Å². The Morgan fingerprint density at radius 3 is 1.85 bits per heavy atom. The predicted octanol–water partition coefficient (Wildman–Crippen LogP) is 0.967. The summed E-state index contributed by atoms with van der Waals surface area (Å²) >= 11 is 0. The van der Waals surface area contributed by atoms with E-state index in [1.54, 1.807) is 6.08 Å². The molecule has 0 atom stereocenters. The van der Waals surface area contributed by atoms with Crippen LogP contribution in [0.25, 0.3) is 6.08 Å². The summed E-state index contributed by atoms with van der Waals surface area (Å²) in [5.41, 5.74) is 25.9. The summed E-state index contributed by atoms with van der Waals surface area (Å²) in [5.74, 6) is 0. The van der Waals surface area contributed by atoms with Gasteiger partial charge in [-0.25, -0.2) is 0 Å². The highest BCUT2D eigenvalue weighted by Gasteiger charge is 2.12. The van der Waals surface area contributed by atoms with E-state index < -0.39 is 0 Å². The maximum Gasteiger partial charge on any atom is 0.0809 e. The van der Waals surface area contributed by atoms with Crippen molar-refractivity contribution in [3.8, 4) is 0 Å². The van der Waals surface area contributed by atoms with Crippen LogP contribution in [-0.2, 0) is 0 Å². The summed E-state index contributed by atoms with van der Waals surface area (Å²) in [6.07, 6.45) is 1.62. The fraction of sp³-hybridized carbons (Fsp3) is 0.111. The number of hydrogen-bond acceptors (Lipinski definition) is 4. The quantitative estimate of drug-likeness (QED) is 0.481. The standard InChI is InChI=1S/C9H14N4/c1-3-5-4(2)6(10)8(12)9(13)7(5)11/h3H,1,10-13H2,2H3. The molecule has 0 bridgehead atoms. The molecule has 0 saturated carbocycles. The zero-order valence-corrected chi connectivity index (χ0v) is 7.59. The number of nitrogens with two attached hydrogens (primary N) is 4. The van der Waals surface area contributed by atoms with Gasteiger partial charge < -0.3 is 22.9 Å². The van der Waals surface area contributed by atoms with E-state index in [4.69, 9.17) is 22.9 Å². The Bertz CT molecular complexity index is 339. The van der Waals surface area contributed by atoms with Crippen LogP contribution < -0.4 is 22.9 Å². The van der Waals surface area contributed by atoms with Crippen LogP contribution in [0.5, 0.6) is 0 Å². The fourth-order valence-corrected chi connectivity index (χ4v) is 1.25. The van der Waals surface area contributed by atoms with E-state index in [2.05, 4.69) is 6.58 Å². The number of rotatable bonds is 1. The van der Waals surface area contributed by atoms with Gasteiger partial charge in [0.15, 0.2) is 0 Å². The largest absolute Gasteiger partial charge is 0.397 e. The molecule has 0 unspecified atom stereocenters. The molecular formula is C9H14N4. The molecule has 1 aromatic carbocycles. The first-order valence-corrected chi connectivity index (χ1v) is 3.85. The maximum absolute atomic E-state index is 5.73. The van der Waals surface area contributed by atoms with Crippen LogP contribution in [0.2, 0.25) is 0 Å². The zero-order chi connectivity index (χ0) is 10.2. The Labute approximate surface area is 77.2 Å². The van der Waals surface area contributed by atoms with Crippen LogP contribution in [-0.4, -0.2) is 0 Å². The lowest BCUT2D eigenvalue weighted by atomic mass is 10.0. The molecule has 0 aliphatic carbocycles. The molecule has 4 nitrogen and oxygen atoms in total. The lowest BCUT2D eigenvalue weighted by molar-refractivity contribution is 1.44. The molecule has 0 fully saturated rings. The van der Waals surface area contributed by atoms with Gasteiger partial charge in [0.1, 0.15) is 0 Å². The summed E-state index contributed by atoms with van der Waals surface area (Å²) in [4.78, 5) is 0. The first-order valence-electron chi connectivity index (χ1n) is 3.85. The van der Waals surface area contributed by atoms with E-state index in [1.165, 1.54) is 0 Å². The monoisotopic (exact) mass is 178 g/mol. The molecule has 0 radical (unpaired) electrons. The normalized spacial score (nSPS) is 9.92. The number of nitrogen functional groups attached to an aromatic ring is 4. The van der Waals surface area contributed by atoms with Crippen molar-refractivity contribution < 1.29 is 0 Å². The van der Waals surface area contributed by atoms with Gasteiger partial charge in [-0.1, -0.05) is 12.7 Å². The average molecular weight is 178 g/mol. The van der Waals surface area contributed by atoms with Crippen LogP contribution in [0, 0.1) is 6.92 Å². The molecule has 0 spiro atoms. The molecule has 0 aliphatic heterocycles. The Hall–Kier alpha value is -1.84. The van der Waals surface area contributed by atoms with Gasteiger partial charge in [0.05, 0.1) is 22.7 Å². The second kappa shape index (κ2) is 2.90. The fourth-order valence-electron chi connectivity index (χ4n) is 1.25. The van der Waals surface area contributed by atoms with E-state index in [-0.39, 0.29) is 0 Å². The Morgan fingerprint density at radius 1 is 0.923 bits per heavy atom. The average Bonchev–Trinajstić information content (AvgIpc) is 2.13. The topological polar surface area (TPSA) is 104 Å². The Balaban J connectivity index is 3.66. The first kappa shape index (κ1) is 9.25. The van der Waals surface area contributed by atoms with Crippen molar-refractivity contribution >= 4 is 28.8 Å². The van der Waals surface area contributed by atoms with Gasteiger partial charge in [-0.3, -0.25) is 0 Å². The molecular weight excluding hydrogens is 164 g/mol. The van der Waals surface area contributed by atoms with E-state index in [9.17, 15) is 0 Å². The van der Waals surface area contributed by atoms with Gasteiger partial charge >= 0.3 is 0 Å². The minimum absolute atomic E-state index is 0.331. The van der Waals surface area contributed by atoms with Crippen molar-refractivity contribution in [1.82, 2.24) is 0 Å². The SMILES string of the molecule is C=Cc1c(C)c(N)c(N)c(N)c1N. The summed E-state index contributed by atoms with van der Waals surface area (Å²) in [7, 11) is 0. The van der Waals surface area contributed by atoms with E-state index >= 15 is 0 Å². The highest BCUT2D eigenvalue weighted by Crippen LogP contribution is 2.36. The van der Waals surface area contributed by atoms with Gasteiger partial charge in [-0.05, 0) is 12.5 Å². The summed E-state index contributed by atoms with van der Waals surface area (Å²) in [6.45, 7) is 5.46. The van der Waals surface area contributed by atoms with Crippen molar-refractivity contribution in [2.75, 3.05) is 22.9 Å². The van der Waals surface area contributed by atoms with Gasteiger partial charge in [-0.15, -0.1) is 0 Å². The maximum atomic E-state index is 5.73. The Kier molecular flexibility index (Phi) is 2.06. The Morgan fingerprint density at radius 2 is 1.38 bits per heavy atom. The number of anilines is 4. The second-order valence-electron chi connectivity index (χ2n) is 2.90. The van der Waals surface area contributed by atoms with Crippen LogP contribution in [0.15, 0.2) is 6.58 Å². The van der Waals surface area contributed by atoms with E-state index in [0.717, 1.165) is 11.1 Å². The van der Waals surface area contributed by atoms with Crippen LogP contribution >= 0.6 is 0 Å². The highest BCUT2D eigenvalue weighted by atomic mass is 14.8. The third-order valence-electron chi connectivity index (χ3n) is 2.17. The van der Waals surface area contributed by atoms with Crippen LogP contribution in [0.4, 0.5) is 22.7 Å². The van der Waals surface area contributed by atoms with Gasteiger partial charge in [0.2, 0.25) is 0 Å². The summed E-state index contributed by atoms with van der Waals surface area (Å²) in [6, 6.07) is 0. The summed E-state index contributed by atoms with van der Waals surface area (Å²) in [5, 5.41) is 0. The van der Waals surface area contributed by atoms with Crippen molar-refractivity contribution in [2.45, 2.75) is 6.92 Å². The minimum atomic E-state index is 0.331. The molecule has 8 N–H and O–H groups in total. The molecule has 0 aromatic heterocycles. The van der Waals surface area contributed by atoms with Gasteiger partial charge in [0, 0.05) is 5.56 Å². The summed E-state index contributed by atoms with van der Waals surface area (Å²) < 4.78 is 0. The smallest absolute Gasteiger partial charge is 0.0809 e. The third kappa shape index (κ3) is 1.16. The van der Waals surface area contributed by atoms with Gasteiger partial charge in [0.25, 0.3) is 0 Å². The number of benzene rings is 1.